The highest BCUT2D eigenvalue weighted by Crippen LogP contribution is 2.35. The van der Waals surface area contributed by atoms with Crippen LogP contribution < -0.4 is 4.90 Å². The van der Waals surface area contributed by atoms with Gasteiger partial charge in [-0.1, -0.05) is 6.92 Å². The zero-order valence-electron chi connectivity index (χ0n) is 10.3. The van der Waals surface area contributed by atoms with E-state index in [0.29, 0.717) is 6.54 Å². The minimum Gasteiger partial charge on any atom is -0.391 e. The number of rotatable bonds is 2. The Hall–Kier alpha value is -1.21. The molecular weight excluding hydrogens is 319 g/mol. The Morgan fingerprint density at radius 1 is 1.58 bits per heavy atom. The van der Waals surface area contributed by atoms with Gasteiger partial charge >= 0.3 is 0 Å². The molecule has 0 amide bonds. The first kappa shape index (κ1) is 14.2. The number of aliphatic hydroxyl groups excluding tert-OH is 1. The molecule has 2 unspecified atom stereocenters. The van der Waals surface area contributed by atoms with E-state index in [1.54, 1.807) is 4.90 Å². The Labute approximate surface area is 118 Å². The van der Waals surface area contributed by atoms with Crippen molar-refractivity contribution >= 4 is 27.3 Å². The second kappa shape index (κ2) is 5.42. The predicted molar refractivity (Wildman–Crippen MR) is 72.8 cm³/mol. The molecule has 2 rings (SSSR count). The van der Waals surface area contributed by atoms with Gasteiger partial charge in [-0.3, -0.25) is 10.1 Å². The van der Waals surface area contributed by atoms with Gasteiger partial charge in [0.2, 0.25) is 0 Å². The Morgan fingerprint density at radius 3 is 2.84 bits per heavy atom. The van der Waals surface area contributed by atoms with E-state index >= 15 is 0 Å². The van der Waals surface area contributed by atoms with Gasteiger partial charge in [-0.25, -0.2) is 4.39 Å². The minimum atomic E-state index is -0.555. The first-order valence-electron chi connectivity index (χ1n) is 5.96. The largest absolute Gasteiger partial charge is 0.391 e. The normalized spacial score (nSPS) is 23.5. The lowest BCUT2D eigenvalue weighted by molar-refractivity contribution is -0.384. The third-order valence-corrected chi connectivity index (χ3v) is 4.08. The fourth-order valence-electron chi connectivity index (χ4n) is 2.19. The second-order valence-electron chi connectivity index (χ2n) is 4.79. The molecule has 1 aromatic carbocycles. The van der Waals surface area contributed by atoms with E-state index in [4.69, 9.17) is 0 Å². The molecule has 0 saturated carbocycles. The van der Waals surface area contributed by atoms with Gasteiger partial charge in [-0.05, 0) is 28.3 Å². The van der Waals surface area contributed by atoms with Gasteiger partial charge in [0, 0.05) is 25.2 Å². The maximum atomic E-state index is 13.6. The summed E-state index contributed by atoms with van der Waals surface area (Å²) in [5, 5.41) is 20.9. The van der Waals surface area contributed by atoms with Crippen molar-refractivity contribution in [2.45, 2.75) is 19.4 Å². The molecule has 1 aliphatic rings. The SMILES string of the molecule is CC1CCN(c2cc(F)c(Br)cc2[N+](=O)[O-])CC1O. The molecule has 2 atom stereocenters. The highest BCUT2D eigenvalue weighted by Gasteiger charge is 2.29. The molecule has 0 radical (unpaired) electrons. The van der Waals surface area contributed by atoms with Crippen LogP contribution in [0.15, 0.2) is 16.6 Å². The van der Waals surface area contributed by atoms with E-state index in [-0.39, 0.29) is 28.3 Å². The smallest absolute Gasteiger partial charge is 0.293 e. The lowest BCUT2D eigenvalue weighted by Crippen LogP contribution is -2.43. The molecule has 1 N–H and O–H groups in total. The standard InChI is InChI=1S/C12H14BrFN2O3/c1-7-2-3-15(6-12(7)17)10-5-9(14)8(13)4-11(10)16(18)19/h4-5,7,12,17H,2-3,6H2,1H3. The summed E-state index contributed by atoms with van der Waals surface area (Å²) in [6.45, 7) is 2.78. The van der Waals surface area contributed by atoms with Crippen LogP contribution in [0.1, 0.15) is 13.3 Å². The van der Waals surface area contributed by atoms with Crippen LogP contribution >= 0.6 is 15.9 Å². The summed E-state index contributed by atoms with van der Waals surface area (Å²) in [7, 11) is 0. The zero-order valence-corrected chi connectivity index (χ0v) is 11.9. The van der Waals surface area contributed by atoms with Crippen LogP contribution in [0, 0.1) is 21.8 Å². The van der Waals surface area contributed by atoms with Crippen LogP contribution in [0.2, 0.25) is 0 Å². The molecule has 0 aromatic heterocycles. The Balaban J connectivity index is 2.38. The summed E-state index contributed by atoms with van der Waals surface area (Å²) < 4.78 is 13.7. The number of hydrogen-bond acceptors (Lipinski definition) is 4. The molecule has 1 saturated heterocycles. The summed E-state index contributed by atoms with van der Waals surface area (Å²) in [6, 6.07) is 2.31. The van der Waals surface area contributed by atoms with Crippen molar-refractivity contribution in [3.8, 4) is 0 Å². The van der Waals surface area contributed by atoms with Crippen LogP contribution in [0.3, 0.4) is 0 Å². The Morgan fingerprint density at radius 2 is 2.26 bits per heavy atom. The lowest BCUT2D eigenvalue weighted by Gasteiger charge is -2.35. The fraction of sp³-hybridized carbons (Fsp3) is 0.500. The topological polar surface area (TPSA) is 66.6 Å². The average Bonchev–Trinajstić information content (AvgIpc) is 2.35. The number of anilines is 1. The highest BCUT2D eigenvalue weighted by molar-refractivity contribution is 9.10. The van der Waals surface area contributed by atoms with Gasteiger partial charge in [-0.15, -0.1) is 0 Å². The molecule has 5 nitrogen and oxygen atoms in total. The maximum Gasteiger partial charge on any atom is 0.293 e. The van der Waals surface area contributed by atoms with Crippen LogP contribution in [-0.2, 0) is 0 Å². The summed E-state index contributed by atoms with van der Waals surface area (Å²) in [5.41, 5.74) is 0.0617. The molecule has 1 fully saturated rings. The summed E-state index contributed by atoms with van der Waals surface area (Å²) in [4.78, 5) is 12.2. The van der Waals surface area contributed by atoms with Crippen molar-refractivity contribution in [1.29, 1.82) is 0 Å². The van der Waals surface area contributed by atoms with Gasteiger partial charge < -0.3 is 10.0 Å². The number of aliphatic hydroxyl groups is 1. The molecule has 0 aliphatic carbocycles. The molecular formula is C12H14BrFN2O3. The Kier molecular flexibility index (Phi) is 4.05. The van der Waals surface area contributed by atoms with E-state index < -0.39 is 16.8 Å². The van der Waals surface area contributed by atoms with Crippen LogP contribution in [0.25, 0.3) is 0 Å². The molecule has 1 aliphatic heterocycles. The van der Waals surface area contributed by atoms with E-state index in [0.717, 1.165) is 18.6 Å². The van der Waals surface area contributed by atoms with E-state index in [2.05, 4.69) is 15.9 Å². The molecule has 0 bridgehead atoms. The summed E-state index contributed by atoms with van der Waals surface area (Å²) >= 11 is 2.95. The van der Waals surface area contributed by atoms with Crippen molar-refractivity contribution in [2.24, 2.45) is 5.92 Å². The van der Waals surface area contributed by atoms with E-state index in [1.165, 1.54) is 0 Å². The van der Waals surface area contributed by atoms with Crippen molar-refractivity contribution < 1.29 is 14.4 Å². The maximum absolute atomic E-state index is 13.6. The average molecular weight is 333 g/mol. The number of nitro groups is 1. The number of halogens is 2. The van der Waals surface area contributed by atoms with Gasteiger partial charge in [0.1, 0.15) is 11.5 Å². The third kappa shape index (κ3) is 2.87. The van der Waals surface area contributed by atoms with Crippen LogP contribution in [-0.4, -0.2) is 29.2 Å². The predicted octanol–water partition coefficient (Wildman–Crippen LogP) is 2.70. The summed E-state index contributed by atoms with van der Waals surface area (Å²) in [6.07, 6.45) is 0.163. The number of benzene rings is 1. The zero-order chi connectivity index (χ0) is 14.2. The number of nitrogens with zero attached hydrogens (tertiary/aromatic N) is 2. The number of nitro benzene ring substituents is 1. The molecule has 104 valence electrons. The highest BCUT2D eigenvalue weighted by atomic mass is 79.9. The number of β-amino-alcohol motifs (C(OH)–C–C–N with tert-alkyl or cyclic N) is 1. The lowest BCUT2D eigenvalue weighted by atomic mass is 9.95. The second-order valence-corrected chi connectivity index (χ2v) is 5.65. The minimum absolute atomic E-state index is 0.0638. The van der Waals surface area contributed by atoms with E-state index in [9.17, 15) is 19.6 Å². The van der Waals surface area contributed by atoms with Crippen molar-refractivity contribution in [1.82, 2.24) is 0 Å². The third-order valence-electron chi connectivity index (χ3n) is 3.47. The van der Waals surface area contributed by atoms with Gasteiger partial charge in [-0.2, -0.15) is 0 Å². The van der Waals surface area contributed by atoms with Gasteiger partial charge in [0.15, 0.2) is 0 Å². The van der Waals surface area contributed by atoms with E-state index in [1.807, 2.05) is 6.92 Å². The van der Waals surface area contributed by atoms with Crippen molar-refractivity contribution in [3.05, 3.63) is 32.5 Å². The van der Waals surface area contributed by atoms with Crippen LogP contribution in [0.5, 0.6) is 0 Å². The monoisotopic (exact) mass is 332 g/mol. The molecule has 7 heteroatoms. The first-order valence-corrected chi connectivity index (χ1v) is 6.76. The van der Waals surface area contributed by atoms with Crippen LogP contribution in [0.4, 0.5) is 15.8 Å². The van der Waals surface area contributed by atoms with Gasteiger partial charge in [0.05, 0.1) is 15.5 Å². The van der Waals surface area contributed by atoms with Gasteiger partial charge in [0.25, 0.3) is 5.69 Å². The number of piperidine rings is 1. The quantitative estimate of drug-likeness (QED) is 0.668. The molecule has 19 heavy (non-hydrogen) atoms. The fourth-order valence-corrected chi connectivity index (χ4v) is 2.52. The van der Waals surface area contributed by atoms with Crippen molar-refractivity contribution in [3.63, 3.8) is 0 Å². The van der Waals surface area contributed by atoms with Crippen molar-refractivity contribution in [2.75, 3.05) is 18.0 Å². The number of hydrogen-bond donors (Lipinski definition) is 1. The Bertz CT molecular complexity index is 512. The molecule has 0 spiro atoms. The first-order chi connectivity index (χ1) is 8.90. The summed E-state index contributed by atoms with van der Waals surface area (Å²) in [5.74, 6) is -0.399. The molecule has 1 aromatic rings. The molecule has 1 heterocycles.